The van der Waals surface area contributed by atoms with E-state index in [1.54, 1.807) is 11.8 Å². The Balaban J connectivity index is 3.25. The molecule has 19 heavy (non-hydrogen) atoms. The lowest BCUT2D eigenvalue weighted by molar-refractivity contribution is 0.852. The van der Waals surface area contributed by atoms with Gasteiger partial charge in [0.05, 0.1) is 0 Å². The van der Waals surface area contributed by atoms with Gasteiger partial charge in [-0.1, -0.05) is 87.9 Å². The second-order valence-electron chi connectivity index (χ2n) is 4.58. The van der Waals surface area contributed by atoms with Crippen LogP contribution in [0, 0.1) is 11.8 Å². The van der Waals surface area contributed by atoms with Crippen LogP contribution in [0.25, 0.3) is 0 Å². The van der Waals surface area contributed by atoms with E-state index in [4.69, 9.17) is 0 Å². The molecule has 1 rings (SSSR count). The average molecular weight is 270 g/mol. The van der Waals surface area contributed by atoms with Crippen LogP contribution < -0.4 is 0 Å². The lowest BCUT2D eigenvalue weighted by Gasteiger charge is -2.17. The third-order valence-corrected chi connectivity index (χ3v) is 3.86. The van der Waals surface area contributed by atoms with Gasteiger partial charge in [0.25, 0.3) is 0 Å². The predicted octanol–water partition coefficient (Wildman–Crippen LogP) is 5.81. The molecule has 1 aliphatic heterocycles. The van der Waals surface area contributed by atoms with Gasteiger partial charge in [-0.2, -0.15) is 0 Å². The van der Waals surface area contributed by atoms with Crippen LogP contribution in [0.15, 0.2) is 83.7 Å². The zero-order valence-corrected chi connectivity index (χ0v) is 12.6. The van der Waals surface area contributed by atoms with Crippen LogP contribution in [0.3, 0.4) is 0 Å². The Hall–Kier alpha value is -1.47. The standard InChI is InChI=1S/C18H22S/c1-6-8-17-15(4)12-10-14(3)11-13-16(5)19-18(17)9-7-2/h6-15H,1-2,5H2,3-4H3/b12-10-,13-11-,17-8-,18-9+. The van der Waals surface area contributed by atoms with Gasteiger partial charge >= 0.3 is 0 Å². The van der Waals surface area contributed by atoms with E-state index in [-0.39, 0.29) is 0 Å². The first-order valence-electron chi connectivity index (χ1n) is 6.47. The summed E-state index contributed by atoms with van der Waals surface area (Å²) >= 11 is 1.68. The summed E-state index contributed by atoms with van der Waals surface area (Å²) in [6.07, 6.45) is 16.5. The Bertz CT molecular complexity index is 472. The zero-order valence-electron chi connectivity index (χ0n) is 11.8. The quantitative estimate of drug-likeness (QED) is 0.570. The van der Waals surface area contributed by atoms with Crippen LogP contribution in [-0.4, -0.2) is 0 Å². The monoisotopic (exact) mass is 270 g/mol. The van der Waals surface area contributed by atoms with Gasteiger partial charge in [0.1, 0.15) is 0 Å². The maximum Gasteiger partial charge on any atom is 0.0159 e. The first-order valence-corrected chi connectivity index (χ1v) is 7.29. The molecule has 0 nitrogen and oxygen atoms in total. The molecule has 0 saturated heterocycles. The molecule has 0 aromatic carbocycles. The fraction of sp³-hybridized carbons (Fsp3) is 0.222. The van der Waals surface area contributed by atoms with Crippen molar-refractivity contribution in [3.05, 3.63) is 83.7 Å². The van der Waals surface area contributed by atoms with E-state index in [0.717, 1.165) is 4.91 Å². The third-order valence-electron chi connectivity index (χ3n) is 2.87. The smallest absolute Gasteiger partial charge is 0.0159 e. The van der Waals surface area contributed by atoms with Crippen molar-refractivity contribution in [2.24, 2.45) is 11.8 Å². The number of rotatable bonds is 2. The largest absolute Gasteiger partial charge is 0.0991 e. The Kier molecular flexibility index (Phi) is 6.44. The van der Waals surface area contributed by atoms with Gasteiger partial charge in [0.15, 0.2) is 0 Å². The molecule has 1 aliphatic rings. The normalized spacial score (nSPS) is 32.0. The number of hydrogen-bond donors (Lipinski definition) is 0. The lowest BCUT2D eigenvalue weighted by atomic mass is 9.97. The van der Waals surface area contributed by atoms with Crippen molar-refractivity contribution in [3.63, 3.8) is 0 Å². The summed E-state index contributed by atoms with van der Waals surface area (Å²) in [5.74, 6) is 0.771. The Morgan fingerprint density at radius 2 is 1.74 bits per heavy atom. The van der Waals surface area contributed by atoms with Crippen LogP contribution in [0.4, 0.5) is 0 Å². The van der Waals surface area contributed by atoms with Crippen LogP contribution in [0.5, 0.6) is 0 Å². The highest BCUT2D eigenvalue weighted by atomic mass is 32.2. The molecule has 0 fully saturated rings. The molecule has 0 radical (unpaired) electrons. The molecular formula is C18H22S. The first-order chi connectivity index (χ1) is 9.08. The van der Waals surface area contributed by atoms with Crippen LogP contribution in [0.2, 0.25) is 0 Å². The van der Waals surface area contributed by atoms with Gasteiger partial charge in [-0.05, 0) is 17.6 Å². The van der Waals surface area contributed by atoms with Gasteiger partial charge in [0.2, 0.25) is 0 Å². The Morgan fingerprint density at radius 3 is 2.37 bits per heavy atom. The third kappa shape index (κ3) is 4.96. The van der Waals surface area contributed by atoms with Gasteiger partial charge in [-0.25, -0.2) is 0 Å². The summed E-state index contributed by atoms with van der Waals surface area (Å²) in [4.78, 5) is 2.22. The lowest BCUT2D eigenvalue weighted by Crippen LogP contribution is -2.00. The topological polar surface area (TPSA) is 0 Å². The van der Waals surface area contributed by atoms with Crippen molar-refractivity contribution in [3.8, 4) is 0 Å². The molecule has 0 N–H and O–H groups in total. The second kappa shape index (κ2) is 7.85. The van der Waals surface area contributed by atoms with Crippen molar-refractivity contribution in [2.75, 3.05) is 0 Å². The van der Waals surface area contributed by atoms with Crippen molar-refractivity contribution < 1.29 is 0 Å². The second-order valence-corrected chi connectivity index (χ2v) is 5.75. The Morgan fingerprint density at radius 1 is 1.05 bits per heavy atom. The summed E-state index contributed by atoms with van der Waals surface area (Å²) in [5, 5.41) is 0. The molecule has 1 heterocycles. The highest BCUT2D eigenvalue weighted by Gasteiger charge is 2.13. The van der Waals surface area contributed by atoms with E-state index < -0.39 is 0 Å². The van der Waals surface area contributed by atoms with Crippen molar-refractivity contribution in [1.29, 1.82) is 0 Å². The fourth-order valence-electron chi connectivity index (χ4n) is 1.83. The minimum Gasteiger partial charge on any atom is -0.0991 e. The highest BCUT2D eigenvalue weighted by molar-refractivity contribution is 8.07. The molecule has 0 saturated carbocycles. The molecule has 1 heteroatoms. The van der Waals surface area contributed by atoms with Gasteiger partial charge < -0.3 is 0 Å². The SMILES string of the molecule is C=C/C=C1\C(=C/C=C)SC(=C)/C=C\C(C)/C=C\C1C. The molecule has 0 spiro atoms. The Labute approximate surface area is 121 Å². The van der Waals surface area contributed by atoms with E-state index in [9.17, 15) is 0 Å². The number of allylic oxidation sites excluding steroid dienone is 9. The molecule has 0 bridgehead atoms. The number of hydrogen-bond acceptors (Lipinski definition) is 1. The minimum atomic E-state index is 0.346. The van der Waals surface area contributed by atoms with Crippen molar-refractivity contribution in [2.45, 2.75) is 13.8 Å². The van der Waals surface area contributed by atoms with Crippen LogP contribution >= 0.6 is 11.8 Å². The zero-order chi connectivity index (χ0) is 14.3. The molecular weight excluding hydrogens is 248 g/mol. The van der Waals surface area contributed by atoms with E-state index in [1.807, 2.05) is 18.2 Å². The summed E-state index contributed by atoms with van der Waals surface area (Å²) in [5.41, 5.74) is 1.25. The van der Waals surface area contributed by atoms with E-state index in [0.29, 0.717) is 11.8 Å². The summed E-state index contributed by atoms with van der Waals surface area (Å²) in [6.45, 7) is 16.1. The summed E-state index contributed by atoms with van der Waals surface area (Å²) in [7, 11) is 0. The van der Waals surface area contributed by atoms with E-state index in [2.05, 4.69) is 64.0 Å². The predicted molar refractivity (Wildman–Crippen MR) is 89.9 cm³/mol. The van der Waals surface area contributed by atoms with Crippen molar-refractivity contribution >= 4 is 11.8 Å². The maximum atomic E-state index is 4.10. The van der Waals surface area contributed by atoms with Crippen LogP contribution in [0.1, 0.15) is 13.8 Å². The molecule has 0 amide bonds. The minimum absolute atomic E-state index is 0.346. The molecule has 0 aliphatic carbocycles. The highest BCUT2D eigenvalue weighted by Crippen LogP contribution is 2.36. The number of thioether (sulfide) groups is 1. The summed E-state index contributed by atoms with van der Waals surface area (Å²) < 4.78 is 0. The van der Waals surface area contributed by atoms with E-state index in [1.165, 1.54) is 10.5 Å². The van der Waals surface area contributed by atoms with Crippen molar-refractivity contribution in [1.82, 2.24) is 0 Å². The van der Waals surface area contributed by atoms with Gasteiger partial charge in [-0.15, -0.1) is 0 Å². The van der Waals surface area contributed by atoms with Crippen LogP contribution in [-0.2, 0) is 0 Å². The molecule has 0 aromatic rings. The molecule has 0 aromatic heterocycles. The molecule has 100 valence electrons. The van der Waals surface area contributed by atoms with Gasteiger partial charge in [0, 0.05) is 15.7 Å². The fourth-order valence-corrected chi connectivity index (χ4v) is 2.79. The van der Waals surface area contributed by atoms with Gasteiger partial charge in [-0.3, -0.25) is 0 Å². The molecule has 2 atom stereocenters. The van der Waals surface area contributed by atoms with E-state index >= 15 is 0 Å². The average Bonchev–Trinajstić information content (AvgIpc) is 2.38. The first kappa shape index (κ1) is 15.6. The summed E-state index contributed by atoms with van der Waals surface area (Å²) in [6, 6.07) is 0. The molecule has 2 unspecified atom stereocenters. The maximum absolute atomic E-state index is 4.10.